The van der Waals surface area contributed by atoms with Gasteiger partial charge in [0.2, 0.25) is 0 Å². The van der Waals surface area contributed by atoms with Gasteiger partial charge in [0.25, 0.3) is 0 Å². The molecule has 0 aliphatic rings. The molecule has 0 radical (unpaired) electrons. The van der Waals surface area contributed by atoms with E-state index in [1.165, 1.54) is 6.92 Å². The molecule has 0 saturated heterocycles. The summed E-state index contributed by atoms with van der Waals surface area (Å²) in [6.45, 7) is 3.33. The Labute approximate surface area is 94.5 Å². The van der Waals surface area contributed by atoms with E-state index in [4.69, 9.17) is 9.84 Å². The summed E-state index contributed by atoms with van der Waals surface area (Å²) < 4.78 is 5.21. The second-order valence-corrected chi connectivity index (χ2v) is 3.60. The average molecular weight is 224 g/mol. The second kappa shape index (κ2) is 5.63. The van der Waals surface area contributed by atoms with Gasteiger partial charge in [-0.3, -0.25) is 4.79 Å². The van der Waals surface area contributed by atoms with Crippen molar-refractivity contribution in [3.63, 3.8) is 0 Å². The lowest BCUT2D eigenvalue weighted by Gasteiger charge is -2.12. The fourth-order valence-corrected chi connectivity index (χ4v) is 1.43. The van der Waals surface area contributed by atoms with Crippen LogP contribution in [0.2, 0.25) is 0 Å². The van der Waals surface area contributed by atoms with Gasteiger partial charge in [0.1, 0.15) is 18.5 Å². The molecule has 1 atom stereocenters. The van der Waals surface area contributed by atoms with Crippen LogP contribution in [0.1, 0.15) is 24.2 Å². The van der Waals surface area contributed by atoms with Crippen LogP contribution in [0.4, 0.5) is 0 Å². The molecular weight excluding hydrogens is 208 g/mol. The Morgan fingerprint density at radius 2 is 2.19 bits per heavy atom. The average Bonchev–Trinajstić information content (AvgIpc) is 2.25. The maximum Gasteiger partial charge on any atom is 0.162 e. The molecule has 0 aliphatic carbocycles. The fourth-order valence-electron chi connectivity index (χ4n) is 1.43. The van der Waals surface area contributed by atoms with Crippen molar-refractivity contribution in [2.24, 2.45) is 0 Å². The second-order valence-electron chi connectivity index (χ2n) is 3.60. The summed E-state index contributed by atoms with van der Waals surface area (Å²) in [6, 6.07) is 5.06. The van der Waals surface area contributed by atoms with E-state index in [9.17, 15) is 9.90 Å². The third-order valence-corrected chi connectivity index (χ3v) is 2.28. The summed E-state index contributed by atoms with van der Waals surface area (Å²) in [5, 5.41) is 18.2. The minimum Gasteiger partial charge on any atom is -0.491 e. The summed E-state index contributed by atoms with van der Waals surface area (Å²) in [6.07, 6.45) is -1.08. The molecule has 16 heavy (non-hydrogen) atoms. The highest BCUT2D eigenvalue weighted by molar-refractivity contribution is 5.82. The molecule has 2 N–H and O–H groups in total. The highest BCUT2D eigenvalue weighted by Gasteiger charge is 2.15. The number of Topliss-reactive ketones (excluding diaryl/α,β-unsaturated/α-hetero) is 1. The zero-order valence-corrected chi connectivity index (χ0v) is 9.43. The molecule has 1 unspecified atom stereocenters. The first-order chi connectivity index (χ1) is 7.56. The Balaban J connectivity index is 2.87. The quantitative estimate of drug-likeness (QED) is 0.782. The monoisotopic (exact) mass is 224 g/mol. The van der Waals surface area contributed by atoms with Gasteiger partial charge in [-0.15, -0.1) is 0 Å². The number of aliphatic hydroxyl groups excluding tert-OH is 2. The number of benzene rings is 1. The maximum atomic E-state index is 11.0. The zero-order chi connectivity index (χ0) is 12.1. The number of carbonyl (C=O) groups is 1. The molecule has 0 aromatic heterocycles. The molecule has 0 saturated carbocycles. The summed E-state index contributed by atoms with van der Waals surface area (Å²) in [4.78, 5) is 11.0. The van der Waals surface area contributed by atoms with Crippen molar-refractivity contribution >= 4 is 5.78 Å². The molecule has 0 amide bonds. The van der Waals surface area contributed by atoms with Crippen LogP contribution in [0.3, 0.4) is 0 Å². The smallest absolute Gasteiger partial charge is 0.162 e. The van der Waals surface area contributed by atoms with Crippen molar-refractivity contribution in [3.8, 4) is 5.75 Å². The summed E-state index contributed by atoms with van der Waals surface area (Å²) >= 11 is 0. The minimum atomic E-state index is -1.08. The van der Waals surface area contributed by atoms with Crippen molar-refractivity contribution in [1.29, 1.82) is 0 Å². The van der Waals surface area contributed by atoms with Crippen molar-refractivity contribution < 1.29 is 19.7 Å². The lowest BCUT2D eigenvalue weighted by molar-refractivity contribution is -0.125. The molecule has 4 nitrogen and oxygen atoms in total. The van der Waals surface area contributed by atoms with Crippen molar-refractivity contribution in [2.75, 3.05) is 13.2 Å². The summed E-state index contributed by atoms with van der Waals surface area (Å²) in [7, 11) is 0. The fraction of sp³-hybridized carbons (Fsp3) is 0.417. The molecule has 1 aromatic rings. The van der Waals surface area contributed by atoms with Gasteiger partial charge in [0, 0.05) is 0 Å². The standard InChI is InChI=1S/C12H16O4/c1-8-7-10(16-6-5-13)3-4-11(8)12(15)9(2)14/h3-4,7,12-13,15H,5-6H2,1-2H3. The van der Waals surface area contributed by atoms with Gasteiger partial charge in [0.15, 0.2) is 5.78 Å². The minimum absolute atomic E-state index is 0.0448. The summed E-state index contributed by atoms with van der Waals surface area (Å²) in [5.74, 6) is 0.332. The van der Waals surface area contributed by atoms with Gasteiger partial charge in [-0.2, -0.15) is 0 Å². The Kier molecular flexibility index (Phi) is 4.46. The van der Waals surface area contributed by atoms with E-state index in [1.807, 2.05) is 0 Å². The van der Waals surface area contributed by atoms with E-state index in [1.54, 1.807) is 25.1 Å². The van der Waals surface area contributed by atoms with Crippen LogP contribution in [0.15, 0.2) is 18.2 Å². The molecule has 0 spiro atoms. The van der Waals surface area contributed by atoms with E-state index < -0.39 is 6.10 Å². The summed E-state index contributed by atoms with van der Waals surface area (Å²) in [5.41, 5.74) is 1.38. The maximum absolute atomic E-state index is 11.0. The van der Waals surface area contributed by atoms with Crippen LogP contribution in [0.25, 0.3) is 0 Å². The molecule has 0 bridgehead atoms. The van der Waals surface area contributed by atoms with E-state index in [-0.39, 0.29) is 19.0 Å². The van der Waals surface area contributed by atoms with Crippen molar-refractivity contribution in [2.45, 2.75) is 20.0 Å². The van der Waals surface area contributed by atoms with Gasteiger partial charge in [-0.25, -0.2) is 0 Å². The van der Waals surface area contributed by atoms with Crippen LogP contribution in [0, 0.1) is 6.92 Å². The van der Waals surface area contributed by atoms with Crippen LogP contribution < -0.4 is 4.74 Å². The Morgan fingerprint density at radius 3 is 2.69 bits per heavy atom. The normalized spacial score (nSPS) is 12.2. The number of ketones is 1. The molecule has 1 rings (SSSR count). The van der Waals surface area contributed by atoms with Gasteiger partial charge in [-0.1, -0.05) is 6.07 Å². The predicted octanol–water partition coefficient (Wildman–Crippen LogP) is 0.989. The van der Waals surface area contributed by atoms with Crippen LogP contribution in [-0.4, -0.2) is 29.2 Å². The molecule has 0 fully saturated rings. The van der Waals surface area contributed by atoms with Gasteiger partial charge in [-0.05, 0) is 37.1 Å². The topological polar surface area (TPSA) is 66.8 Å². The van der Waals surface area contributed by atoms with Crippen molar-refractivity contribution in [3.05, 3.63) is 29.3 Å². The van der Waals surface area contributed by atoms with E-state index in [0.717, 1.165) is 5.56 Å². The van der Waals surface area contributed by atoms with Crippen LogP contribution >= 0.6 is 0 Å². The number of hydrogen-bond acceptors (Lipinski definition) is 4. The number of aliphatic hydroxyl groups is 2. The first kappa shape index (κ1) is 12.7. The van der Waals surface area contributed by atoms with E-state index in [2.05, 4.69) is 0 Å². The third kappa shape index (κ3) is 3.05. The number of hydrogen-bond donors (Lipinski definition) is 2. The van der Waals surface area contributed by atoms with E-state index >= 15 is 0 Å². The molecule has 1 aromatic carbocycles. The molecule has 4 heteroatoms. The molecule has 0 heterocycles. The number of ether oxygens (including phenoxy) is 1. The molecule has 88 valence electrons. The lowest BCUT2D eigenvalue weighted by Crippen LogP contribution is -2.09. The van der Waals surface area contributed by atoms with Gasteiger partial charge >= 0.3 is 0 Å². The first-order valence-electron chi connectivity index (χ1n) is 5.09. The largest absolute Gasteiger partial charge is 0.491 e. The van der Waals surface area contributed by atoms with Gasteiger partial charge in [0.05, 0.1) is 6.61 Å². The Bertz CT molecular complexity index is 373. The highest BCUT2D eigenvalue weighted by atomic mass is 16.5. The Hall–Kier alpha value is -1.39. The predicted molar refractivity (Wildman–Crippen MR) is 59.4 cm³/mol. The zero-order valence-electron chi connectivity index (χ0n) is 9.43. The Morgan fingerprint density at radius 1 is 1.50 bits per heavy atom. The highest BCUT2D eigenvalue weighted by Crippen LogP contribution is 2.23. The number of aryl methyl sites for hydroxylation is 1. The van der Waals surface area contributed by atoms with Crippen LogP contribution in [-0.2, 0) is 4.79 Å². The first-order valence-corrected chi connectivity index (χ1v) is 5.09. The molecule has 0 aliphatic heterocycles. The number of carbonyl (C=O) groups excluding carboxylic acids is 1. The van der Waals surface area contributed by atoms with Crippen molar-refractivity contribution in [1.82, 2.24) is 0 Å². The number of rotatable bonds is 5. The van der Waals surface area contributed by atoms with Gasteiger partial charge < -0.3 is 14.9 Å². The molecular formula is C12H16O4. The lowest BCUT2D eigenvalue weighted by atomic mass is 10.0. The van der Waals surface area contributed by atoms with Crippen LogP contribution in [0.5, 0.6) is 5.75 Å². The third-order valence-electron chi connectivity index (χ3n) is 2.28. The SMILES string of the molecule is CC(=O)C(O)c1ccc(OCCO)cc1C. The van der Waals surface area contributed by atoms with E-state index in [0.29, 0.717) is 11.3 Å².